The Morgan fingerprint density at radius 2 is 1.95 bits per heavy atom. The fourth-order valence-corrected chi connectivity index (χ4v) is 2.46. The van der Waals surface area contributed by atoms with Crippen LogP contribution in [-0.4, -0.2) is 24.7 Å². The van der Waals surface area contributed by atoms with Gasteiger partial charge in [0.05, 0.1) is 25.0 Å². The second-order valence-corrected chi connectivity index (χ2v) is 5.50. The van der Waals surface area contributed by atoms with Crippen molar-refractivity contribution >= 4 is 12.2 Å². The predicted octanol–water partition coefficient (Wildman–Crippen LogP) is 2.65. The fraction of sp³-hybridized carbons (Fsp3) is 0.188. The Labute approximate surface area is 133 Å². The van der Waals surface area contributed by atoms with Gasteiger partial charge in [-0.2, -0.15) is 0 Å². The molecule has 0 amide bonds. The maximum Gasteiger partial charge on any atom is 0.111 e. The van der Waals surface area contributed by atoms with Gasteiger partial charge in [0.25, 0.3) is 0 Å². The summed E-state index contributed by atoms with van der Waals surface area (Å²) < 4.78 is 4.24. The van der Waals surface area contributed by atoms with Crippen LogP contribution in [0.15, 0.2) is 48.8 Å². The number of hydrogen-bond acceptors (Lipinski definition) is 4. The average Bonchev–Trinajstić information content (AvgIpc) is 2.99. The monoisotopic (exact) mass is 312 g/mol. The first kappa shape index (κ1) is 14.6. The van der Waals surface area contributed by atoms with E-state index in [4.69, 9.17) is 12.2 Å². The number of aliphatic hydroxyl groups excluding tert-OH is 1. The molecule has 3 aromatic rings. The number of pyridine rings is 1. The number of aryl methyl sites for hydroxylation is 1. The number of hydrogen-bond donors (Lipinski definition) is 1. The zero-order chi connectivity index (χ0) is 15.5. The van der Waals surface area contributed by atoms with E-state index in [9.17, 15) is 5.11 Å². The Balaban J connectivity index is 1.86. The van der Waals surface area contributed by atoms with Gasteiger partial charge in [-0.25, -0.2) is 4.68 Å². The first-order chi connectivity index (χ1) is 10.7. The summed E-state index contributed by atoms with van der Waals surface area (Å²) in [6, 6.07) is 11.8. The third-order valence-corrected chi connectivity index (χ3v) is 3.94. The molecule has 0 bridgehead atoms. The molecule has 0 aliphatic rings. The topological polar surface area (TPSA) is 55.9 Å². The molecule has 1 aromatic carbocycles. The summed E-state index contributed by atoms with van der Waals surface area (Å²) in [4.78, 5) is 0. The number of aliphatic hydroxyl groups is 1. The predicted molar refractivity (Wildman–Crippen MR) is 86.4 cm³/mol. The normalized spacial score (nSPS) is 10.8. The minimum Gasteiger partial charge on any atom is -0.392 e. The van der Waals surface area contributed by atoms with Crippen molar-refractivity contribution in [2.24, 2.45) is 0 Å². The highest BCUT2D eigenvalue weighted by atomic mass is 32.1. The first-order valence-electron chi connectivity index (χ1n) is 6.95. The summed E-state index contributed by atoms with van der Waals surface area (Å²) in [6.07, 6.45) is 3.77. The molecule has 2 aromatic heterocycles. The van der Waals surface area contributed by atoms with Gasteiger partial charge in [0.1, 0.15) is 10.3 Å². The molecule has 0 spiro atoms. The van der Waals surface area contributed by atoms with Crippen LogP contribution in [0.2, 0.25) is 0 Å². The Bertz CT molecular complexity index is 836. The van der Waals surface area contributed by atoms with E-state index in [0.29, 0.717) is 11.2 Å². The van der Waals surface area contributed by atoms with Gasteiger partial charge in [0.2, 0.25) is 0 Å². The summed E-state index contributed by atoms with van der Waals surface area (Å²) in [5, 5.41) is 17.6. The van der Waals surface area contributed by atoms with E-state index in [1.807, 2.05) is 60.3 Å². The molecule has 6 heteroatoms. The molecule has 3 rings (SSSR count). The molecule has 0 fully saturated rings. The van der Waals surface area contributed by atoms with Crippen molar-refractivity contribution in [3.8, 4) is 5.69 Å². The van der Waals surface area contributed by atoms with Crippen LogP contribution in [0.1, 0.15) is 16.8 Å². The highest BCUT2D eigenvalue weighted by Gasteiger charge is 2.05. The van der Waals surface area contributed by atoms with E-state index >= 15 is 0 Å². The largest absolute Gasteiger partial charge is 0.392 e. The number of nitrogens with zero attached hydrogens (tertiary/aromatic N) is 4. The van der Waals surface area contributed by atoms with E-state index < -0.39 is 0 Å². The van der Waals surface area contributed by atoms with E-state index in [1.54, 1.807) is 4.68 Å². The quantitative estimate of drug-likeness (QED) is 0.753. The van der Waals surface area contributed by atoms with E-state index in [0.717, 1.165) is 16.9 Å². The number of rotatable bonds is 4. The van der Waals surface area contributed by atoms with Crippen LogP contribution in [0.25, 0.3) is 5.69 Å². The molecule has 1 N–H and O–H groups in total. The molecule has 0 unspecified atom stereocenters. The SMILES string of the molecule is Cc1ccc(-n2cc(Cn3cccc(CO)c3=S)nn2)cc1. The smallest absolute Gasteiger partial charge is 0.111 e. The Kier molecular flexibility index (Phi) is 4.13. The summed E-state index contributed by atoms with van der Waals surface area (Å²) >= 11 is 5.35. The summed E-state index contributed by atoms with van der Waals surface area (Å²) in [5.74, 6) is 0. The van der Waals surface area contributed by atoms with Gasteiger partial charge in [0, 0.05) is 11.8 Å². The lowest BCUT2D eigenvalue weighted by molar-refractivity contribution is 0.280. The lowest BCUT2D eigenvalue weighted by Crippen LogP contribution is -2.04. The number of aromatic nitrogens is 4. The molecule has 0 aliphatic heterocycles. The Morgan fingerprint density at radius 1 is 1.18 bits per heavy atom. The molecule has 0 saturated heterocycles. The van der Waals surface area contributed by atoms with Gasteiger partial charge in [-0.3, -0.25) is 0 Å². The molecular weight excluding hydrogens is 296 g/mol. The molecule has 0 saturated carbocycles. The highest BCUT2D eigenvalue weighted by Crippen LogP contribution is 2.10. The standard InChI is InChI=1S/C16H16N4OS/c1-12-4-6-15(7-5-12)20-10-14(17-18-20)9-19-8-2-3-13(11-21)16(19)22/h2-8,10,21H,9,11H2,1H3. The fourth-order valence-electron chi connectivity index (χ4n) is 2.20. The van der Waals surface area contributed by atoms with Gasteiger partial charge in [-0.05, 0) is 25.1 Å². The van der Waals surface area contributed by atoms with E-state index in [-0.39, 0.29) is 6.61 Å². The van der Waals surface area contributed by atoms with E-state index in [2.05, 4.69) is 10.3 Å². The molecular formula is C16H16N4OS. The van der Waals surface area contributed by atoms with Gasteiger partial charge in [-0.1, -0.05) is 41.2 Å². The van der Waals surface area contributed by atoms with Crippen molar-refractivity contribution in [1.82, 2.24) is 19.6 Å². The molecule has 2 heterocycles. The van der Waals surface area contributed by atoms with E-state index in [1.165, 1.54) is 5.56 Å². The molecule has 5 nitrogen and oxygen atoms in total. The zero-order valence-corrected chi connectivity index (χ0v) is 13.0. The van der Waals surface area contributed by atoms with Gasteiger partial charge < -0.3 is 9.67 Å². The van der Waals surface area contributed by atoms with Crippen LogP contribution < -0.4 is 0 Å². The maximum atomic E-state index is 9.27. The molecule has 22 heavy (non-hydrogen) atoms. The van der Waals surface area contributed by atoms with Crippen molar-refractivity contribution in [2.75, 3.05) is 0 Å². The van der Waals surface area contributed by atoms with Crippen molar-refractivity contribution in [1.29, 1.82) is 0 Å². The third kappa shape index (κ3) is 2.98. The zero-order valence-electron chi connectivity index (χ0n) is 12.2. The first-order valence-corrected chi connectivity index (χ1v) is 7.35. The summed E-state index contributed by atoms with van der Waals surface area (Å²) in [5.41, 5.74) is 3.73. The Morgan fingerprint density at radius 3 is 2.68 bits per heavy atom. The van der Waals surface area contributed by atoms with Gasteiger partial charge in [0.15, 0.2) is 0 Å². The second kappa shape index (κ2) is 6.21. The second-order valence-electron chi connectivity index (χ2n) is 5.11. The van der Waals surface area contributed by atoms with Crippen LogP contribution in [0.4, 0.5) is 0 Å². The van der Waals surface area contributed by atoms with Crippen LogP contribution in [0, 0.1) is 11.6 Å². The molecule has 112 valence electrons. The van der Waals surface area contributed by atoms with Crippen molar-refractivity contribution in [3.05, 3.63) is 70.3 Å². The van der Waals surface area contributed by atoms with Gasteiger partial charge >= 0.3 is 0 Å². The van der Waals surface area contributed by atoms with Crippen molar-refractivity contribution < 1.29 is 5.11 Å². The maximum absolute atomic E-state index is 9.27. The van der Waals surface area contributed by atoms with Crippen molar-refractivity contribution in [2.45, 2.75) is 20.1 Å². The van der Waals surface area contributed by atoms with Crippen LogP contribution in [0.5, 0.6) is 0 Å². The lowest BCUT2D eigenvalue weighted by Gasteiger charge is -2.06. The minimum atomic E-state index is -0.0598. The minimum absolute atomic E-state index is 0.0598. The van der Waals surface area contributed by atoms with Crippen LogP contribution in [-0.2, 0) is 13.2 Å². The lowest BCUT2D eigenvalue weighted by atomic mass is 10.2. The highest BCUT2D eigenvalue weighted by molar-refractivity contribution is 7.71. The average molecular weight is 312 g/mol. The van der Waals surface area contributed by atoms with Crippen LogP contribution >= 0.6 is 12.2 Å². The third-order valence-electron chi connectivity index (χ3n) is 3.44. The van der Waals surface area contributed by atoms with Crippen molar-refractivity contribution in [3.63, 3.8) is 0 Å². The van der Waals surface area contributed by atoms with Crippen LogP contribution in [0.3, 0.4) is 0 Å². The molecule has 0 radical (unpaired) electrons. The molecule has 0 atom stereocenters. The summed E-state index contributed by atoms with van der Waals surface area (Å²) in [7, 11) is 0. The number of benzene rings is 1. The Hall–Kier alpha value is -2.31. The van der Waals surface area contributed by atoms with Gasteiger partial charge in [-0.15, -0.1) is 5.10 Å². The summed E-state index contributed by atoms with van der Waals surface area (Å²) in [6.45, 7) is 2.51. The molecule has 0 aliphatic carbocycles.